The van der Waals surface area contributed by atoms with Crippen LogP contribution in [-0.2, 0) is 11.0 Å². The first-order valence-corrected chi connectivity index (χ1v) is 5.14. The maximum atomic E-state index is 12.2. The average Bonchev–Trinajstić information content (AvgIpc) is 2.27. The summed E-state index contributed by atoms with van der Waals surface area (Å²) < 4.78 is 36.7. The first-order valence-electron chi connectivity index (χ1n) is 5.14. The molecule has 0 spiro atoms. The molecule has 1 heterocycles. The van der Waals surface area contributed by atoms with Crippen molar-refractivity contribution in [1.29, 1.82) is 0 Å². The molecule has 0 amide bonds. The van der Waals surface area contributed by atoms with E-state index in [-0.39, 0.29) is 12.2 Å². The number of alkyl halides is 3. The molecule has 0 aliphatic heterocycles. The zero-order valence-electron chi connectivity index (χ0n) is 9.61. The maximum absolute atomic E-state index is 12.2. The number of carbonyl (C=O) groups is 1. The van der Waals surface area contributed by atoms with E-state index in [1.54, 1.807) is 11.9 Å². The Hall–Kier alpha value is -1.86. The van der Waals surface area contributed by atoms with Gasteiger partial charge in [-0.2, -0.15) is 13.2 Å². The van der Waals surface area contributed by atoms with E-state index < -0.39 is 17.8 Å². The minimum Gasteiger partial charge on any atom is -0.481 e. The summed E-state index contributed by atoms with van der Waals surface area (Å²) >= 11 is 0. The van der Waals surface area contributed by atoms with Crippen molar-refractivity contribution in [2.24, 2.45) is 0 Å². The van der Waals surface area contributed by atoms with Crippen LogP contribution >= 0.6 is 0 Å². The highest BCUT2D eigenvalue weighted by atomic mass is 19.4. The van der Waals surface area contributed by atoms with Gasteiger partial charge >= 0.3 is 12.1 Å². The fraction of sp³-hybridized carbons (Fsp3) is 0.500. The molecule has 0 aromatic carbocycles. The maximum Gasteiger partial charge on any atom is 0.435 e. The lowest BCUT2D eigenvalue weighted by atomic mass is 10.3. The lowest BCUT2D eigenvalue weighted by Crippen LogP contribution is -2.21. The highest BCUT2D eigenvalue weighted by Gasteiger charge is 2.32. The number of carboxylic acids is 1. The van der Waals surface area contributed by atoms with Crippen LogP contribution in [0.4, 0.5) is 19.0 Å². The molecule has 5 nitrogen and oxygen atoms in total. The van der Waals surface area contributed by atoms with Crippen molar-refractivity contribution in [3.63, 3.8) is 0 Å². The van der Waals surface area contributed by atoms with Crippen molar-refractivity contribution in [3.05, 3.63) is 17.8 Å². The summed E-state index contributed by atoms with van der Waals surface area (Å²) in [5.74, 6) is -0.643. The van der Waals surface area contributed by atoms with Crippen LogP contribution in [0.3, 0.4) is 0 Å². The van der Waals surface area contributed by atoms with Gasteiger partial charge in [-0.25, -0.2) is 0 Å². The molecule has 8 heteroatoms. The first kappa shape index (κ1) is 14.2. The minimum absolute atomic E-state index is 0.00158. The SMILES string of the molecule is CN(CCCC(=O)O)c1ccc(C(F)(F)F)nn1. The van der Waals surface area contributed by atoms with Crippen molar-refractivity contribution in [1.82, 2.24) is 10.2 Å². The fourth-order valence-corrected chi connectivity index (χ4v) is 1.26. The zero-order valence-corrected chi connectivity index (χ0v) is 9.61. The molecule has 0 unspecified atom stereocenters. The molecule has 100 valence electrons. The number of hydrogen-bond acceptors (Lipinski definition) is 4. The second kappa shape index (κ2) is 5.65. The third-order valence-electron chi connectivity index (χ3n) is 2.22. The monoisotopic (exact) mass is 263 g/mol. The Labute approximate surface area is 101 Å². The molecule has 18 heavy (non-hydrogen) atoms. The van der Waals surface area contributed by atoms with Gasteiger partial charge in [0.1, 0.15) is 0 Å². The predicted octanol–water partition coefficient (Wildman–Crippen LogP) is 1.80. The Morgan fingerprint density at radius 2 is 2.06 bits per heavy atom. The van der Waals surface area contributed by atoms with Crippen molar-refractivity contribution >= 4 is 11.8 Å². The molecule has 1 aromatic heterocycles. The Morgan fingerprint density at radius 3 is 2.50 bits per heavy atom. The van der Waals surface area contributed by atoms with Gasteiger partial charge < -0.3 is 10.0 Å². The summed E-state index contributed by atoms with van der Waals surface area (Å²) in [6.45, 7) is 0.381. The Morgan fingerprint density at radius 1 is 1.39 bits per heavy atom. The quantitative estimate of drug-likeness (QED) is 0.877. The van der Waals surface area contributed by atoms with Crippen LogP contribution in [0.1, 0.15) is 18.5 Å². The molecule has 0 radical (unpaired) electrons. The second-order valence-corrected chi connectivity index (χ2v) is 3.69. The van der Waals surface area contributed by atoms with Crippen LogP contribution in [0.15, 0.2) is 12.1 Å². The van der Waals surface area contributed by atoms with Crippen LogP contribution in [0.25, 0.3) is 0 Å². The molecule has 0 atom stereocenters. The summed E-state index contributed by atoms with van der Waals surface area (Å²) in [7, 11) is 1.61. The highest BCUT2D eigenvalue weighted by Crippen LogP contribution is 2.27. The van der Waals surface area contributed by atoms with Gasteiger partial charge in [0.25, 0.3) is 0 Å². The van der Waals surface area contributed by atoms with E-state index in [1.165, 1.54) is 6.07 Å². The third kappa shape index (κ3) is 4.19. The van der Waals surface area contributed by atoms with Crippen LogP contribution in [0, 0.1) is 0 Å². The normalized spacial score (nSPS) is 11.3. The van der Waals surface area contributed by atoms with E-state index in [9.17, 15) is 18.0 Å². The molecule has 0 fully saturated rings. The van der Waals surface area contributed by atoms with E-state index >= 15 is 0 Å². The molecule has 0 bridgehead atoms. The Bertz CT molecular complexity index is 406. The molecule has 1 aromatic rings. The standard InChI is InChI=1S/C10H12F3N3O2/c1-16(6-2-3-9(17)18)8-5-4-7(14-15-8)10(11,12)13/h4-5H,2-3,6H2,1H3,(H,17,18). The number of aromatic nitrogens is 2. The topological polar surface area (TPSA) is 66.3 Å². The predicted molar refractivity (Wildman–Crippen MR) is 57.2 cm³/mol. The Kier molecular flexibility index (Phi) is 4.46. The molecule has 0 saturated carbocycles. The molecular formula is C10H12F3N3O2. The number of carboxylic acid groups (broad SMARTS) is 1. The van der Waals surface area contributed by atoms with Crippen LogP contribution in [0.2, 0.25) is 0 Å². The van der Waals surface area contributed by atoms with Gasteiger partial charge in [-0.3, -0.25) is 4.79 Å². The van der Waals surface area contributed by atoms with Crippen molar-refractivity contribution in [3.8, 4) is 0 Å². The van der Waals surface area contributed by atoms with Crippen molar-refractivity contribution < 1.29 is 23.1 Å². The lowest BCUT2D eigenvalue weighted by molar-refractivity contribution is -0.141. The van der Waals surface area contributed by atoms with E-state index in [4.69, 9.17) is 5.11 Å². The number of halogens is 3. The number of nitrogens with zero attached hydrogens (tertiary/aromatic N) is 3. The Balaban J connectivity index is 2.59. The van der Waals surface area contributed by atoms with Gasteiger partial charge in [-0.15, -0.1) is 10.2 Å². The average molecular weight is 263 g/mol. The van der Waals surface area contributed by atoms with Gasteiger partial charge in [0.2, 0.25) is 0 Å². The first-order chi connectivity index (χ1) is 8.30. The molecule has 1 rings (SSSR count). The van der Waals surface area contributed by atoms with Gasteiger partial charge in [-0.05, 0) is 18.6 Å². The second-order valence-electron chi connectivity index (χ2n) is 3.69. The number of rotatable bonds is 5. The van der Waals surface area contributed by atoms with E-state index in [2.05, 4.69) is 10.2 Å². The number of aliphatic carboxylic acids is 1. The zero-order chi connectivity index (χ0) is 13.8. The summed E-state index contributed by atoms with van der Waals surface area (Å²) in [5, 5.41) is 15.0. The number of hydrogen-bond donors (Lipinski definition) is 1. The van der Waals surface area contributed by atoms with Crippen LogP contribution < -0.4 is 4.90 Å². The smallest absolute Gasteiger partial charge is 0.435 e. The highest BCUT2D eigenvalue weighted by molar-refractivity contribution is 5.66. The van der Waals surface area contributed by atoms with Crippen molar-refractivity contribution in [2.75, 3.05) is 18.5 Å². The lowest BCUT2D eigenvalue weighted by Gasteiger charge is -2.17. The van der Waals surface area contributed by atoms with E-state index in [0.29, 0.717) is 13.0 Å². The molecule has 1 N–H and O–H groups in total. The third-order valence-corrected chi connectivity index (χ3v) is 2.22. The van der Waals surface area contributed by atoms with Gasteiger partial charge in [0.15, 0.2) is 11.5 Å². The van der Waals surface area contributed by atoms with E-state index in [0.717, 1.165) is 6.07 Å². The minimum atomic E-state index is -4.51. The summed E-state index contributed by atoms with van der Waals surface area (Å²) in [6.07, 6.45) is -4.12. The van der Waals surface area contributed by atoms with Gasteiger partial charge in [0, 0.05) is 20.0 Å². The van der Waals surface area contributed by atoms with Gasteiger partial charge in [0.05, 0.1) is 0 Å². The van der Waals surface area contributed by atoms with Crippen LogP contribution in [0.5, 0.6) is 0 Å². The summed E-state index contributed by atoms with van der Waals surface area (Å²) in [6, 6.07) is 2.05. The largest absolute Gasteiger partial charge is 0.481 e. The number of anilines is 1. The molecule has 0 aliphatic carbocycles. The summed E-state index contributed by atoms with van der Waals surface area (Å²) in [4.78, 5) is 11.9. The van der Waals surface area contributed by atoms with Crippen LogP contribution in [-0.4, -0.2) is 34.9 Å². The molecular weight excluding hydrogens is 251 g/mol. The van der Waals surface area contributed by atoms with Crippen molar-refractivity contribution in [2.45, 2.75) is 19.0 Å². The van der Waals surface area contributed by atoms with E-state index in [1.807, 2.05) is 0 Å². The molecule has 0 saturated heterocycles. The fourth-order valence-electron chi connectivity index (χ4n) is 1.26. The van der Waals surface area contributed by atoms with Gasteiger partial charge in [-0.1, -0.05) is 0 Å². The summed E-state index contributed by atoms with van der Waals surface area (Å²) in [5.41, 5.74) is -1.05. The molecule has 0 aliphatic rings.